The van der Waals surface area contributed by atoms with Crippen LogP contribution in [-0.4, -0.2) is 35.1 Å². The summed E-state index contributed by atoms with van der Waals surface area (Å²) in [6.45, 7) is 4.90. The highest BCUT2D eigenvalue weighted by molar-refractivity contribution is 8.00. The Kier molecular flexibility index (Phi) is 10.6. The van der Waals surface area contributed by atoms with E-state index < -0.39 is 6.04 Å². The van der Waals surface area contributed by atoms with Gasteiger partial charge in [0.25, 0.3) is 0 Å². The van der Waals surface area contributed by atoms with Crippen LogP contribution < -0.4 is 5.32 Å². The first-order valence-electron chi connectivity index (χ1n) is 10.1. The Balaban J connectivity index is 2.17. The molecule has 1 atom stereocenters. The lowest BCUT2D eigenvalue weighted by Gasteiger charge is -2.31. The van der Waals surface area contributed by atoms with Gasteiger partial charge in [0.2, 0.25) is 11.8 Å². The van der Waals surface area contributed by atoms with Crippen LogP contribution in [0.1, 0.15) is 38.7 Å². The zero-order valence-electron chi connectivity index (χ0n) is 17.4. The van der Waals surface area contributed by atoms with Crippen molar-refractivity contribution in [2.45, 2.75) is 50.6 Å². The van der Waals surface area contributed by atoms with Crippen LogP contribution in [0.4, 0.5) is 0 Å². The molecule has 0 aromatic heterocycles. The number of carbonyl (C=O) groups excluding carboxylic acids is 2. The molecule has 30 heavy (non-hydrogen) atoms. The summed E-state index contributed by atoms with van der Waals surface area (Å²) in [5, 5.41) is 4.20. The molecule has 7 heteroatoms. The number of hydrogen-bond donors (Lipinski definition) is 1. The lowest BCUT2D eigenvalue weighted by atomic mass is 10.1. The summed E-state index contributed by atoms with van der Waals surface area (Å²) in [5.74, 6) is 0.000349. The van der Waals surface area contributed by atoms with Crippen molar-refractivity contribution >= 4 is 46.8 Å². The molecular formula is C23H28Cl2N2O2S. The van der Waals surface area contributed by atoms with Gasteiger partial charge in [-0.3, -0.25) is 9.59 Å². The van der Waals surface area contributed by atoms with Crippen LogP contribution in [0.5, 0.6) is 0 Å². The fourth-order valence-electron chi connectivity index (χ4n) is 2.99. The summed E-state index contributed by atoms with van der Waals surface area (Å²) >= 11 is 13.7. The second-order valence-electron chi connectivity index (χ2n) is 6.92. The van der Waals surface area contributed by atoms with Crippen LogP contribution in [0.15, 0.2) is 53.4 Å². The Labute approximate surface area is 193 Å². The maximum atomic E-state index is 13.2. The second-order valence-corrected chi connectivity index (χ2v) is 8.82. The van der Waals surface area contributed by atoms with E-state index in [4.69, 9.17) is 23.2 Å². The first kappa shape index (κ1) is 24.6. The molecule has 0 fully saturated rings. The summed E-state index contributed by atoms with van der Waals surface area (Å²) in [5.41, 5.74) is 0.823. The van der Waals surface area contributed by atoms with Gasteiger partial charge in [-0.1, -0.05) is 61.7 Å². The molecule has 0 aliphatic rings. The van der Waals surface area contributed by atoms with Crippen molar-refractivity contribution < 1.29 is 9.59 Å². The van der Waals surface area contributed by atoms with Crippen LogP contribution in [-0.2, 0) is 16.1 Å². The van der Waals surface area contributed by atoms with E-state index in [2.05, 4.69) is 12.2 Å². The number of benzene rings is 2. The third kappa shape index (κ3) is 7.53. The number of nitrogens with zero attached hydrogens (tertiary/aromatic N) is 1. The van der Waals surface area contributed by atoms with Crippen molar-refractivity contribution in [3.8, 4) is 0 Å². The Morgan fingerprint density at radius 2 is 1.77 bits per heavy atom. The minimum atomic E-state index is -0.545. The lowest BCUT2D eigenvalue weighted by Crippen LogP contribution is -2.49. The Bertz CT molecular complexity index is 830. The molecule has 2 amide bonds. The minimum absolute atomic E-state index is 0.104. The SMILES string of the molecule is CCCCNC(=O)[C@H](CC)N(Cc1ccccc1Cl)C(=O)CSc1ccc(Cl)cc1. The fraction of sp³-hybridized carbons (Fsp3) is 0.391. The first-order valence-corrected chi connectivity index (χ1v) is 11.9. The molecule has 2 aromatic carbocycles. The highest BCUT2D eigenvalue weighted by Gasteiger charge is 2.28. The molecule has 0 heterocycles. The van der Waals surface area contributed by atoms with E-state index in [0.717, 1.165) is 23.3 Å². The summed E-state index contributed by atoms with van der Waals surface area (Å²) in [7, 11) is 0. The number of amides is 2. The van der Waals surface area contributed by atoms with Gasteiger partial charge in [0, 0.05) is 28.0 Å². The van der Waals surface area contributed by atoms with Crippen LogP contribution >= 0.6 is 35.0 Å². The largest absolute Gasteiger partial charge is 0.354 e. The Morgan fingerprint density at radius 3 is 2.40 bits per heavy atom. The summed E-state index contributed by atoms with van der Waals surface area (Å²) in [6.07, 6.45) is 2.43. The summed E-state index contributed by atoms with van der Waals surface area (Å²) in [6, 6.07) is 14.2. The van der Waals surface area contributed by atoms with E-state index in [9.17, 15) is 9.59 Å². The van der Waals surface area contributed by atoms with E-state index in [0.29, 0.717) is 29.6 Å². The van der Waals surface area contributed by atoms with Crippen molar-refractivity contribution in [1.82, 2.24) is 10.2 Å². The predicted molar refractivity (Wildman–Crippen MR) is 126 cm³/mol. The number of halogens is 2. The number of rotatable bonds is 11. The molecule has 2 rings (SSSR count). The molecule has 0 saturated carbocycles. The summed E-state index contributed by atoms with van der Waals surface area (Å²) < 4.78 is 0. The standard InChI is InChI=1S/C23H28Cl2N2O2S/c1-3-5-14-26-23(29)21(4-2)27(15-17-8-6-7-9-20(17)25)22(28)16-30-19-12-10-18(24)11-13-19/h6-13,21H,3-5,14-16H2,1-2H3,(H,26,29)/t21-/m0/s1. The molecule has 4 nitrogen and oxygen atoms in total. The molecule has 0 aliphatic carbocycles. The Morgan fingerprint density at radius 1 is 1.07 bits per heavy atom. The third-order valence-corrected chi connectivity index (χ3v) is 6.31. The van der Waals surface area contributed by atoms with Gasteiger partial charge in [0.15, 0.2) is 0 Å². The molecule has 162 valence electrons. The molecule has 1 N–H and O–H groups in total. The van der Waals surface area contributed by atoms with Gasteiger partial charge in [0.1, 0.15) is 6.04 Å². The van der Waals surface area contributed by atoms with Crippen LogP contribution in [0.3, 0.4) is 0 Å². The van der Waals surface area contributed by atoms with Gasteiger partial charge in [-0.2, -0.15) is 0 Å². The molecule has 0 spiro atoms. The quantitative estimate of drug-likeness (QED) is 0.335. The highest BCUT2D eigenvalue weighted by Crippen LogP contribution is 2.24. The molecule has 0 unspecified atom stereocenters. The van der Waals surface area contributed by atoms with Crippen molar-refractivity contribution in [3.63, 3.8) is 0 Å². The molecule has 0 aliphatic heterocycles. The number of unbranched alkanes of at least 4 members (excludes halogenated alkanes) is 1. The van der Waals surface area contributed by atoms with Gasteiger partial charge in [-0.05, 0) is 48.7 Å². The van der Waals surface area contributed by atoms with E-state index in [1.54, 1.807) is 23.1 Å². The van der Waals surface area contributed by atoms with Crippen LogP contribution in [0.2, 0.25) is 10.0 Å². The third-order valence-electron chi connectivity index (χ3n) is 4.69. The zero-order valence-corrected chi connectivity index (χ0v) is 19.7. The number of nitrogens with one attached hydrogen (secondary N) is 1. The van der Waals surface area contributed by atoms with Gasteiger partial charge in [0.05, 0.1) is 5.75 Å². The molecule has 0 radical (unpaired) electrons. The molecule has 0 bridgehead atoms. The van der Waals surface area contributed by atoms with Gasteiger partial charge >= 0.3 is 0 Å². The highest BCUT2D eigenvalue weighted by atomic mass is 35.5. The van der Waals surface area contributed by atoms with Gasteiger partial charge in [-0.15, -0.1) is 11.8 Å². The maximum absolute atomic E-state index is 13.2. The number of carbonyl (C=O) groups is 2. The lowest BCUT2D eigenvalue weighted by molar-refractivity contribution is -0.139. The van der Waals surface area contributed by atoms with E-state index in [-0.39, 0.29) is 17.6 Å². The normalized spacial score (nSPS) is 11.7. The smallest absolute Gasteiger partial charge is 0.242 e. The molecular weight excluding hydrogens is 439 g/mol. The van der Waals surface area contributed by atoms with Crippen LogP contribution in [0.25, 0.3) is 0 Å². The van der Waals surface area contributed by atoms with Crippen molar-refractivity contribution in [2.24, 2.45) is 0 Å². The number of thioether (sulfide) groups is 1. The fourth-order valence-corrected chi connectivity index (χ4v) is 4.10. The minimum Gasteiger partial charge on any atom is -0.354 e. The van der Waals surface area contributed by atoms with E-state index >= 15 is 0 Å². The maximum Gasteiger partial charge on any atom is 0.242 e. The van der Waals surface area contributed by atoms with Gasteiger partial charge < -0.3 is 10.2 Å². The molecule has 0 saturated heterocycles. The zero-order chi connectivity index (χ0) is 21.9. The first-order chi connectivity index (χ1) is 14.5. The average Bonchev–Trinajstić information content (AvgIpc) is 2.74. The average molecular weight is 467 g/mol. The topological polar surface area (TPSA) is 49.4 Å². The van der Waals surface area contributed by atoms with Crippen molar-refractivity contribution in [2.75, 3.05) is 12.3 Å². The number of hydrogen-bond acceptors (Lipinski definition) is 3. The monoisotopic (exact) mass is 466 g/mol. The van der Waals surface area contributed by atoms with E-state index in [1.807, 2.05) is 37.3 Å². The molecule has 2 aromatic rings. The van der Waals surface area contributed by atoms with Crippen molar-refractivity contribution in [1.29, 1.82) is 0 Å². The second kappa shape index (κ2) is 12.9. The van der Waals surface area contributed by atoms with Gasteiger partial charge in [-0.25, -0.2) is 0 Å². The predicted octanol–water partition coefficient (Wildman–Crippen LogP) is 5.81. The van der Waals surface area contributed by atoms with E-state index in [1.165, 1.54) is 11.8 Å². The Hall–Kier alpha value is -1.69. The summed E-state index contributed by atoms with van der Waals surface area (Å²) in [4.78, 5) is 28.6. The van der Waals surface area contributed by atoms with Crippen LogP contribution in [0, 0.1) is 0 Å². The van der Waals surface area contributed by atoms with Crippen molar-refractivity contribution in [3.05, 3.63) is 64.1 Å².